The summed E-state index contributed by atoms with van der Waals surface area (Å²) >= 11 is 0. The Balaban J connectivity index is 0.954. The van der Waals surface area contributed by atoms with Gasteiger partial charge in [0, 0.05) is 22.7 Å². The molecule has 0 saturated carbocycles. The lowest BCUT2D eigenvalue weighted by Crippen LogP contribution is -2.34. The molecule has 0 spiro atoms. The Bertz CT molecular complexity index is 2710. The summed E-state index contributed by atoms with van der Waals surface area (Å²) in [6, 6.07) is 72.8. The molecule has 0 aliphatic heterocycles. The van der Waals surface area contributed by atoms with Gasteiger partial charge in [0.1, 0.15) is 11.5 Å². The van der Waals surface area contributed by atoms with Crippen molar-refractivity contribution < 1.29 is 9.47 Å². The summed E-state index contributed by atoms with van der Waals surface area (Å²) < 4.78 is 10.9. The van der Waals surface area contributed by atoms with Crippen molar-refractivity contribution >= 4 is 28.3 Å². The fourth-order valence-electron chi connectivity index (χ4n) is 8.02. The molecule has 4 nitrogen and oxygen atoms in total. The van der Waals surface area contributed by atoms with E-state index in [9.17, 15) is 0 Å². The lowest BCUT2D eigenvalue weighted by atomic mass is 9.80. The van der Waals surface area contributed by atoms with Crippen molar-refractivity contribution in [1.29, 1.82) is 0 Å². The maximum atomic E-state index is 5.48. The normalized spacial score (nSPS) is 14.5. The maximum absolute atomic E-state index is 5.48. The molecule has 1 aliphatic carbocycles. The van der Waals surface area contributed by atoms with Crippen LogP contribution < -0.4 is 19.7 Å². The van der Waals surface area contributed by atoms with Gasteiger partial charge in [-0.05, 0) is 129 Å². The Hall–Kier alpha value is -7.56. The first-order chi connectivity index (χ1) is 29.6. The molecule has 1 aliphatic rings. The molecule has 0 heterocycles. The second-order valence-corrected chi connectivity index (χ2v) is 15.0. The highest BCUT2D eigenvalue weighted by Crippen LogP contribution is 2.40. The Kier molecular flexibility index (Phi) is 10.8. The fourth-order valence-corrected chi connectivity index (χ4v) is 8.02. The standard InChI is InChI=1S/C56H46N2O2/c1-59-54-33-25-50(26-34-54)57-56(49-23-17-45(18-24-49)41-9-5-3-6-10-41)39-37-48(38-40-56)44-15-13-43(14-16-44)47-21-29-52(30-22-47)58(53-31-35-55(60-2)36-32-53)51-27-19-46(20-28-51)42-11-7-4-8-12-42/h3-39,57H,40H2,1-2H3. The summed E-state index contributed by atoms with van der Waals surface area (Å²) in [5.41, 5.74) is 14.6. The van der Waals surface area contributed by atoms with Crippen molar-refractivity contribution in [3.63, 3.8) is 0 Å². The molecular formula is C56H46N2O2. The third-order valence-electron chi connectivity index (χ3n) is 11.4. The minimum atomic E-state index is -0.418. The van der Waals surface area contributed by atoms with Crippen molar-refractivity contribution in [3.8, 4) is 44.9 Å². The summed E-state index contributed by atoms with van der Waals surface area (Å²) in [6.07, 6.45) is 7.72. The minimum Gasteiger partial charge on any atom is -0.497 e. The molecule has 0 fully saturated rings. The summed E-state index contributed by atoms with van der Waals surface area (Å²) in [4.78, 5) is 2.28. The number of allylic oxidation sites excluding steroid dienone is 2. The molecule has 1 unspecified atom stereocenters. The monoisotopic (exact) mass is 778 g/mol. The van der Waals surface area contributed by atoms with Gasteiger partial charge in [0.15, 0.2) is 0 Å². The molecule has 0 radical (unpaired) electrons. The Morgan fingerprint density at radius 3 is 1.23 bits per heavy atom. The molecule has 292 valence electrons. The molecule has 0 aromatic heterocycles. The number of methoxy groups -OCH3 is 2. The number of nitrogens with one attached hydrogen (secondary N) is 1. The third-order valence-corrected chi connectivity index (χ3v) is 11.4. The van der Waals surface area contributed by atoms with Crippen LogP contribution in [0.4, 0.5) is 22.7 Å². The smallest absolute Gasteiger partial charge is 0.119 e. The number of ether oxygens (including phenoxy) is 2. The van der Waals surface area contributed by atoms with E-state index < -0.39 is 5.54 Å². The van der Waals surface area contributed by atoms with Crippen LogP contribution in [-0.2, 0) is 5.54 Å². The van der Waals surface area contributed by atoms with Gasteiger partial charge in [-0.3, -0.25) is 0 Å². The molecule has 0 bridgehead atoms. The zero-order valence-electron chi connectivity index (χ0n) is 33.8. The largest absolute Gasteiger partial charge is 0.497 e. The first-order valence-electron chi connectivity index (χ1n) is 20.4. The highest BCUT2D eigenvalue weighted by Gasteiger charge is 2.31. The van der Waals surface area contributed by atoms with Crippen molar-refractivity contribution in [1.82, 2.24) is 0 Å². The van der Waals surface area contributed by atoms with Crippen molar-refractivity contribution in [3.05, 3.63) is 236 Å². The van der Waals surface area contributed by atoms with E-state index in [2.05, 4.69) is 204 Å². The molecule has 0 saturated heterocycles. The molecule has 60 heavy (non-hydrogen) atoms. The van der Waals surface area contributed by atoms with E-state index in [-0.39, 0.29) is 0 Å². The van der Waals surface area contributed by atoms with Gasteiger partial charge in [0.05, 0.1) is 19.8 Å². The highest BCUT2D eigenvalue weighted by atomic mass is 16.5. The highest BCUT2D eigenvalue weighted by molar-refractivity contribution is 5.81. The minimum absolute atomic E-state index is 0.418. The first-order valence-corrected chi connectivity index (χ1v) is 20.4. The predicted octanol–water partition coefficient (Wildman–Crippen LogP) is 14.5. The van der Waals surface area contributed by atoms with Crippen LogP contribution in [0.25, 0.3) is 39.0 Å². The average Bonchev–Trinajstić information content (AvgIpc) is 3.33. The van der Waals surface area contributed by atoms with Gasteiger partial charge in [-0.15, -0.1) is 0 Å². The molecule has 9 rings (SSSR count). The van der Waals surface area contributed by atoms with Crippen molar-refractivity contribution in [2.75, 3.05) is 24.4 Å². The van der Waals surface area contributed by atoms with Crippen LogP contribution in [0.2, 0.25) is 0 Å². The first kappa shape index (κ1) is 38.0. The topological polar surface area (TPSA) is 33.7 Å². The number of nitrogens with zero attached hydrogens (tertiary/aromatic N) is 1. The van der Waals surface area contributed by atoms with E-state index in [1.165, 1.54) is 44.5 Å². The molecule has 8 aromatic rings. The number of benzene rings is 8. The van der Waals surface area contributed by atoms with Crippen LogP contribution in [0.5, 0.6) is 11.5 Å². The zero-order chi connectivity index (χ0) is 40.7. The van der Waals surface area contributed by atoms with E-state index in [0.717, 1.165) is 46.2 Å². The summed E-state index contributed by atoms with van der Waals surface area (Å²) in [7, 11) is 3.39. The molecule has 0 amide bonds. The Morgan fingerprint density at radius 1 is 0.417 bits per heavy atom. The van der Waals surface area contributed by atoms with E-state index in [1.54, 1.807) is 14.2 Å². The van der Waals surface area contributed by atoms with Crippen molar-refractivity contribution in [2.24, 2.45) is 0 Å². The average molecular weight is 779 g/mol. The summed E-state index contributed by atoms with van der Waals surface area (Å²) in [5, 5.41) is 3.88. The Morgan fingerprint density at radius 2 is 0.800 bits per heavy atom. The number of hydrogen-bond donors (Lipinski definition) is 1. The number of rotatable bonds is 12. The van der Waals surface area contributed by atoms with Gasteiger partial charge in [-0.25, -0.2) is 0 Å². The van der Waals surface area contributed by atoms with Gasteiger partial charge in [-0.2, -0.15) is 0 Å². The zero-order valence-corrected chi connectivity index (χ0v) is 33.8. The molecule has 1 atom stereocenters. The molecule has 8 aromatic carbocycles. The van der Waals surface area contributed by atoms with Gasteiger partial charge >= 0.3 is 0 Å². The molecule has 1 N–H and O–H groups in total. The van der Waals surface area contributed by atoms with Gasteiger partial charge in [-0.1, -0.05) is 152 Å². The van der Waals surface area contributed by atoms with Crippen LogP contribution in [0.1, 0.15) is 17.5 Å². The fraction of sp³-hybridized carbons (Fsp3) is 0.0714. The predicted molar refractivity (Wildman–Crippen MR) is 250 cm³/mol. The quantitative estimate of drug-likeness (QED) is 0.134. The van der Waals surface area contributed by atoms with E-state index in [4.69, 9.17) is 9.47 Å². The summed E-state index contributed by atoms with van der Waals surface area (Å²) in [6.45, 7) is 0. The van der Waals surface area contributed by atoms with Gasteiger partial charge in [0.25, 0.3) is 0 Å². The SMILES string of the molecule is COc1ccc(NC2(c3ccc(-c4ccccc4)cc3)C=CC(c3ccc(-c4ccc(N(c5ccc(OC)cc5)c5ccc(-c6ccccc6)cc5)cc4)cc3)=CC2)cc1. The van der Waals surface area contributed by atoms with Crippen LogP contribution in [0.3, 0.4) is 0 Å². The second-order valence-electron chi connectivity index (χ2n) is 15.0. The Labute approximate surface area is 353 Å². The van der Waals surface area contributed by atoms with Gasteiger partial charge in [0.2, 0.25) is 0 Å². The lowest BCUT2D eigenvalue weighted by Gasteiger charge is -2.35. The molecule has 4 heteroatoms. The van der Waals surface area contributed by atoms with Crippen molar-refractivity contribution in [2.45, 2.75) is 12.0 Å². The number of hydrogen-bond acceptors (Lipinski definition) is 4. The van der Waals surface area contributed by atoms with Crippen LogP contribution in [0, 0.1) is 0 Å². The van der Waals surface area contributed by atoms with E-state index in [0.29, 0.717) is 0 Å². The van der Waals surface area contributed by atoms with Crippen LogP contribution in [-0.4, -0.2) is 14.2 Å². The maximum Gasteiger partial charge on any atom is 0.119 e. The lowest BCUT2D eigenvalue weighted by molar-refractivity contribution is 0.414. The second kappa shape index (κ2) is 17.1. The third kappa shape index (κ3) is 8.09. The number of anilines is 4. The van der Waals surface area contributed by atoms with E-state index >= 15 is 0 Å². The van der Waals surface area contributed by atoms with Crippen LogP contribution >= 0.6 is 0 Å². The van der Waals surface area contributed by atoms with Gasteiger partial charge < -0.3 is 19.7 Å². The van der Waals surface area contributed by atoms with Crippen LogP contribution in [0.15, 0.2) is 224 Å². The summed E-state index contributed by atoms with van der Waals surface area (Å²) in [5.74, 6) is 1.66. The van der Waals surface area contributed by atoms with E-state index in [1.807, 2.05) is 30.3 Å². The molecular weight excluding hydrogens is 733 g/mol.